The Hall–Kier alpha value is -3.81. The second kappa shape index (κ2) is 9.99. The largest absolute Gasteiger partial charge is 0.493 e. The fourth-order valence-electron chi connectivity index (χ4n) is 4.10. The summed E-state index contributed by atoms with van der Waals surface area (Å²) in [6.45, 7) is 4.37. The molecule has 0 unspecified atom stereocenters. The van der Waals surface area contributed by atoms with E-state index in [-0.39, 0.29) is 43.2 Å². The highest BCUT2D eigenvalue weighted by molar-refractivity contribution is 5.85. The number of methoxy groups -OCH3 is 2. The quantitative estimate of drug-likeness (QED) is 0.530. The Kier molecular flexibility index (Phi) is 6.86. The van der Waals surface area contributed by atoms with Crippen LogP contribution in [0.15, 0.2) is 42.6 Å². The number of H-pyrrole nitrogens is 1. The van der Waals surface area contributed by atoms with E-state index in [1.54, 1.807) is 25.3 Å². The van der Waals surface area contributed by atoms with Crippen LogP contribution in [-0.4, -0.2) is 47.4 Å². The lowest BCUT2D eigenvalue weighted by atomic mass is 10.0. The van der Waals surface area contributed by atoms with E-state index >= 15 is 0 Å². The van der Waals surface area contributed by atoms with Crippen LogP contribution in [0.4, 0.5) is 0 Å². The van der Waals surface area contributed by atoms with Crippen LogP contribution in [0.25, 0.3) is 17.1 Å². The molecule has 1 aliphatic rings. The normalized spacial score (nSPS) is 14.1. The van der Waals surface area contributed by atoms with E-state index in [2.05, 4.69) is 15.3 Å². The van der Waals surface area contributed by atoms with Crippen molar-refractivity contribution in [2.24, 2.45) is 5.92 Å². The standard InChI is InChI=1S/C26H30N4O4/c1-16(2)25(26-27-19-7-5-6-8-20(19)28-26)29-23(31)10-12-30-11-9-17-13-21(33-3)22(34-4)14-18(17)15-24(30)32/h5-9,11,13-14,16,25H,10,12,15H2,1-4H3,(H,27,28)(H,29,31)/t25-/m0/s1. The maximum atomic E-state index is 12.9. The SMILES string of the molecule is COc1cc2c(cc1OC)CC(=O)N(CCC(=O)N[C@H](c1nc3ccccc3[nH]1)C(C)C)C=C2. The van der Waals surface area contributed by atoms with Crippen molar-refractivity contribution in [1.29, 1.82) is 0 Å². The average molecular weight is 463 g/mol. The third kappa shape index (κ3) is 4.90. The molecule has 4 rings (SSSR count). The Labute approximate surface area is 199 Å². The minimum atomic E-state index is -0.250. The number of ether oxygens (including phenoxy) is 2. The molecular weight excluding hydrogens is 432 g/mol. The van der Waals surface area contributed by atoms with Crippen LogP contribution in [0.3, 0.4) is 0 Å². The maximum Gasteiger partial charge on any atom is 0.230 e. The molecule has 1 aliphatic heterocycles. The average Bonchev–Trinajstić information content (AvgIpc) is 3.19. The molecule has 0 aliphatic carbocycles. The van der Waals surface area contributed by atoms with Crippen molar-refractivity contribution in [3.05, 3.63) is 59.5 Å². The van der Waals surface area contributed by atoms with Gasteiger partial charge in [0.2, 0.25) is 11.8 Å². The zero-order valence-corrected chi connectivity index (χ0v) is 19.9. The van der Waals surface area contributed by atoms with Gasteiger partial charge < -0.3 is 24.7 Å². The summed E-state index contributed by atoms with van der Waals surface area (Å²) in [5.74, 6) is 1.85. The fraction of sp³-hybridized carbons (Fsp3) is 0.346. The van der Waals surface area contributed by atoms with Crippen LogP contribution >= 0.6 is 0 Å². The number of carbonyl (C=O) groups excluding carboxylic acids is 2. The van der Waals surface area contributed by atoms with Crippen molar-refractivity contribution in [1.82, 2.24) is 20.2 Å². The van der Waals surface area contributed by atoms with E-state index in [9.17, 15) is 9.59 Å². The summed E-state index contributed by atoms with van der Waals surface area (Å²) >= 11 is 0. The summed E-state index contributed by atoms with van der Waals surface area (Å²) in [6.07, 6.45) is 4.00. The molecule has 8 heteroatoms. The van der Waals surface area contributed by atoms with Crippen LogP contribution in [0.1, 0.15) is 43.3 Å². The van der Waals surface area contributed by atoms with E-state index in [0.717, 1.165) is 28.0 Å². The second-order valence-corrected chi connectivity index (χ2v) is 8.66. The molecule has 2 heterocycles. The topological polar surface area (TPSA) is 96.6 Å². The Morgan fingerprint density at radius 1 is 1.18 bits per heavy atom. The molecule has 178 valence electrons. The first-order valence-corrected chi connectivity index (χ1v) is 11.4. The van der Waals surface area contributed by atoms with E-state index in [0.29, 0.717) is 11.5 Å². The summed E-state index contributed by atoms with van der Waals surface area (Å²) < 4.78 is 10.7. The van der Waals surface area contributed by atoms with E-state index < -0.39 is 0 Å². The summed E-state index contributed by atoms with van der Waals surface area (Å²) in [5, 5.41) is 3.08. The Morgan fingerprint density at radius 2 is 1.91 bits per heavy atom. The lowest BCUT2D eigenvalue weighted by Gasteiger charge is -2.22. The van der Waals surface area contributed by atoms with Crippen molar-refractivity contribution in [2.45, 2.75) is 32.7 Å². The smallest absolute Gasteiger partial charge is 0.230 e. The number of aromatic nitrogens is 2. The number of nitrogens with zero attached hydrogens (tertiary/aromatic N) is 2. The van der Waals surface area contributed by atoms with Crippen LogP contribution in [0.5, 0.6) is 11.5 Å². The molecule has 1 aromatic heterocycles. The number of amides is 2. The summed E-state index contributed by atoms with van der Waals surface area (Å²) in [5.41, 5.74) is 3.55. The molecule has 1 atom stereocenters. The van der Waals surface area contributed by atoms with Gasteiger partial charge in [0.05, 0.1) is 37.7 Å². The maximum absolute atomic E-state index is 12.9. The Balaban J connectivity index is 1.42. The van der Waals surface area contributed by atoms with Gasteiger partial charge in [-0.1, -0.05) is 26.0 Å². The van der Waals surface area contributed by atoms with Crippen molar-refractivity contribution in [3.63, 3.8) is 0 Å². The molecule has 34 heavy (non-hydrogen) atoms. The molecule has 0 bridgehead atoms. The number of nitrogens with one attached hydrogen (secondary N) is 2. The van der Waals surface area contributed by atoms with Gasteiger partial charge in [0.25, 0.3) is 0 Å². The molecule has 8 nitrogen and oxygen atoms in total. The number of para-hydroxylation sites is 2. The molecule has 0 saturated heterocycles. The minimum absolute atomic E-state index is 0.0762. The molecule has 2 N–H and O–H groups in total. The van der Waals surface area contributed by atoms with Crippen molar-refractivity contribution >= 4 is 28.9 Å². The van der Waals surface area contributed by atoms with Gasteiger partial charge in [-0.3, -0.25) is 9.59 Å². The first-order valence-electron chi connectivity index (χ1n) is 11.4. The molecule has 0 saturated carbocycles. The Morgan fingerprint density at radius 3 is 2.62 bits per heavy atom. The number of rotatable bonds is 8. The number of hydrogen-bond acceptors (Lipinski definition) is 5. The fourth-order valence-corrected chi connectivity index (χ4v) is 4.10. The summed E-state index contributed by atoms with van der Waals surface area (Å²) in [6, 6.07) is 11.2. The highest BCUT2D eigenvalue weighted by Crippen LogP contribution is 2.32. The van der Waals surface area contributed by atoms with E-state index in [1.165, 1.54) is 0 Å². The number of hydrogen-bond donors (Lipinski definition) is 2. The lowest BCUT2D eigenvalue weighted by molar-refractivity contribution is -0.128. The predicted molar refractivity (Wildman–Crippen MR) is 130 cm³/mol. The third-order valence-electron chi connectivity index (χ3n) is 6.01. The molecule has 2 amide bonds. The second-order valence-electron chi connectivity index (χ2n) is 8.66. The zero-order chi connectivity index (χ0) is 24.2. The van der Waals surface area contributed by atoms with Gasteiger partial charge >= 0.3 is 0 Å². The van der Waals surface area contributed by atoms with Crippen LogP contribution in [0, 0.1) is 5.92 Å². The zero-order valence-electron chi connectivity index (χ0n) is 19.9. The minimum Gasteiger partial charge on any atom is -0.493 e. The number of benzene rings is 2. The summed E-state index contributed by atoms with van der Waals surface area (Å²) in [4.78, 5) is 35.2. The number of aromatic amines is 1. The van der Waals surface area contributed by atoms with Crippen molar-refractivity contribution < 1.29 is 19.1 Å². The van der Waals surface area contributed by atoms with Gasteiger partial charge in [-0.2, -0.15) is 0 Å². The first kappa shape index (κ1) is 23.4. The number of fused-ring (bicyclic) bond motifs is 2. The van der Waals surface area contributed by atoms with Gasteiger partial charge in [0, 0.05) is 19.2 Å². The van der Waals surface area contributed by atoms with Crippen molar-refractivity contribution in [2.75, 3.05) is 20.8 Å². The van der Waals surface area contributed by atoms with Gasteiger partial charge in [0.15, 0.2) is 11.5 Å². The Bertz CT molecular complexity index is 1200. The predicted octanol–water partition coefficient (Wildman–Crippen LogP) is 3.84. The van der Waals surface area contributed by atoms with E-state index in [1.807, 2.05) is 56.3 Å². The molecular formula is C26H30N4O4. The highest BCUT2D eigenvalue weighted by atomic mass is 16.5. The molecule has 0 spiro atoms. The van der Waals surface area contributed by atoms with Gasteiger partial charge in [-0.15, -0.1) is 0 Å². The monoisotopic (exact) mass is 462 g/mol. The molecule has 3 aromatic rings. The first-order chi connectivity index (χ1) is 16.4. The number of carbonyl (C=O) groups is 2. The van der Waals surface area contributed by atoms with Gasteiger partial charge in [-0.05, 0) is 47.4 Å². The highest BCUT2D eigenvalue weighted by Gasteiger charge is 2.24. The summed E-state index contributed by atoms with van der Waals surface area (Å²) in [7, 11) is 3.15. The van der Waals surface area contributed by atoms with Crippen LogP contribution < -0.4 is 14.8 Å². The number of imidazole rings is 1. The molecule has 0 radical (unpaired) electrons. The third-order valence-corrected chi connectivity index (χ3v) is 6.01. The van der Waals surface area contributed by atoms with Crippen molar-refractivity contribution in [3.8, 4) is 11.5 Å². The van der Waals surface area contributed by atoms with Crippen LogP contribution in [-0.2, 0) is 16.0 Å². The molecule has 2 aromatic carbocycles. The molecule has 0 fully saturated rings. The van der Waals surface area contributed by atoms with E-state index in [4.69, 9.17) is 9.47 Å². The van der Waals surface area contributed by atoms with Gasteiger partial charge in [0.1, 0.15) is 5.82 Å². The lowest BCUT2D eigenvalue weighted by Crippen LogP contribution is -2.36. The van der Waals surface area contributed by atoms with Crippen LogP contribution in [0.2, 0.25) is 0 Å². The van der Waals surface area contributed by atoms with Gasteiger partial charge in [-0.25, -0.2) is 4.98 Å².